The average Bonchev–Trinajstić information content (AvgIpc) is 3.14. The molecule has 0 bridgehead atoms. The van der Waals surface area contributed by atoms with Gasteiger partial charge in [-0.25, -0.2) is 0 Å². The van der Waals surface area contributed by atoms with E-state index in [-0.39, 0.29) is 17.2 Å². The van der Waals surface area contributed by atoms with Crippen LogP contribution < -0.4 is 19.9 Å². The van der Waals surface area contributed by atoms with Crippen LogP contribution in [0.25, 0.3) is 5.76 Å². The fourth-order valence-electron chi connectivity index (χ4n) is 4.25. The normalized spacial score (nSPS) is 16.6. The molecule has 9 heteroatoms. The highest BCUT2D eigenvalue weighted by Gasteiger charge is 2.47. The number of aliphatic hydroxyl groups is 1. The van der Waals surface area contributed by atoms with E-state index in [2.05, 4.69) is 21.2 Å². The number of carbonyl (C=O) groups is 3. The van der Waals surface area contributed by atoms with Crippen LogP contribution in [0.5, 0.6) is 5.75 Å². The number of hydrogen-bond acceptors (Lipinski definition) is 6. The molecule has 0 radical (unpaired) electrons. The second-order valence-electron chi connectivity index (χ2n) is 8.73. The second kappa shape index (κ2) is 10.5. The lowest BCUT2D eigenvalue weighted by Gasteiger charge is -2.26. The molecule has 1 saturated heterocycles. The van der Waals surface area contributed by atoms with Gasteiger partial charge < -0.3 is 20.1 Å². The Morgan fingerprint density at radius 3 is 2.22 bits per heavy atom. The summed E-state index contributed by atoms with van der Waals surface area (Å²) in [5.74, 6) is -1.51. The molecule has 3 aromatic carbocycles. The zero-order valence-electron chi connectivity index (χ0n) is 20.8. The van der Waals surface area contributed by atoms with E-state index >= 15 is 0 Å². The maximum atomic E-state index is 13.4. The van der Waals surface area contributed by atoms with Crippen molar-refractivity contribution >= 4 is 56.3 Å². The fraction of sp³-hybridized carbons (Fsp3) is 0.179. The minimum Gasteiger partial charge on any atom is -0.507 e. The minimum absolute atomic E-state index is 0.0226. The Kier molecular flexibility index (Phi) is 7.35. The second-order valence-corrected chi connectivity index (χ2v) is 9.59. The van der Waals surface area contributed by atoms with Crippen LogP contribution in [0.4, 0.5) is 17.1 Å². The number of amides is 2. The number of anilines is 3. The van der Waals surface area contributed by atoms with Crippen LogP contribution in [0.2, 0.25) is 0 Å². The van der Waals surface area contributed by atoms with E-state index in [9.17, 15) is 19.5 Å². The van der Waals surface area contributed by atoms with E-state index in [0.29, 0.717) is 32.7 Å². The number of ketones is 1. The lowest BCUT2D eigenvalue weighted by molar-refractivity contribution is -0.132. The van der Waals surface area contributed by atoms with Gasteiger partial charge in [-0.15, -0.1) is 0 Å². The predicted octanol–water partition coefficient (Wildman–Crippen LogP) is 5.11. The van der Waals surface area contributed by atoms with Crippen molar-refractivity contribution in [2.75, 3.05) is 36.3 Å². The Morgan fingerprint density at radius 2 is 1.68 bits per heavy atom. The maximum absolute atomic E-state index is 13.4. The molecule has 1 fully saturated rings. The van der Waals surface area contributed by atoms with Crippen molar-refractivity contribution in [2.24, 2.45) is 0 Å². The van der Waals surface area contributed by atoms with Gasteiger partial charge in [0.15, 0.2) is 0 Å². The van der Waals surface area contributed by atoms with Crippen LogP contribution in [0, 0.1) is 0 Å². The van der Waals surface area contributed by atoms with Crippen molar-refractivity contribution < 1.29 is 24.2 Å². The van der Waals surface area contributed by atoms with Crippen LogP contribution in [-0.2, 0) is 14.4 Å². The molecule has 0 spiro atoms. The van der Waals surface area contributed by atoms with Gasteiger partial charge in [0, 0.05) is 43.6 Å². The van der Waals surface area contributed by atoms with Gasteiger partial charge in [0.05, 0.1) is 23.2 Å². The Morgan fingerprint density at radius 1 is 1.03 bits per heavy atom. The van der Waals surface area contributed by atoms with E-state index in [1.165, 1.54) is 18.9 Å². The predicted molar refractivity (Wildman–Crippen MR) is 147 cm³/mol. The Balaban J connectivity index is 1.88. The molecule has 1 atom stereocenters. The molecule has 0 aromatic heterocycles. The molecule has 37 heavy (non-hydrogen) atoms. The van der Waals surface area contributed by atoms with Crippen molar-refractivity contribution in [2.45, 2.75) is 13.0 Å². The highest BCUT2D eigenvalue weighted by molar-refractivity contribution is 9.10. The molecule has 0 aliphatic carbocycles. The standard InChI is InChI=1S/C28H26BrN3O5/c1-16(33)30-19-8-12-21(13-9-19)32-25(17-5-10-20(11-6-17)31(2)3)24(27(35)28(32)36)26(34)18-7-14-23(37-4)22(29)15-18/h5-15,25,34H,1-4H3,(H,30,33)/b26-24-. The summed E-state index contributed by atoms with van der Waals surface area (Å²) in [4.78, 5) is 41.5. The summed E-state index contributed by atoms with van der Waals surface area (Å²) in [5, 5.41) is 14.0. The molecular weight excluding hydrogens is 538 g/mol. The lowest BCUT2D eigenvalue weighted by Crippen LogP contribution is -2.29. The average molecular weight is 564 g/mol. The Labute approximate surface area is 223 Å². The largest absolute Gasteiger partial charge is 0.507 e. The molecule has 2 amide bonds. The van der Waals surface area contributed by atoms with Gasteiger partial charge in [0.25, 0.3) is 11.7 Å². The first-order chi connectivity index (χ1) is 17.6. The molecule has 1 aliphatic rings. The number of aliphatic hydroxyl groups excluding tert-OH is 1. The monoisotopic (exact) mass is 563 g/mol. The lowest BCUT2D eigenvalue weighted by atomic mass is 9.95. The SMILES string of the molecule is COc1ccc(/C(O)=C2/C(=O)C(=O)N(c3ccc(NC(C)=O)cc3)C2c2ccc(N(C)C)cc2)cc1Br. The molecule has 8 nitrogen and oxygen atoms in total. The molecule has 2 N–H and O–H groups in total. The van der Waals surface area contributed by atoms with E-state index < -0.39 is 17.7 Å². The van der Waals surface area contributed by atoms with Gasteiger partial charge in [0.2, 0.25) is 5.91 Å². The van der Waals surface area contributed by atoms with Gasteiger partial charge >= 0.3 is 0 Å². The number of halogens is 1. The van der Waals surface area contributed by atoms with Crippen molar-refractivity contribution in [3.8, 4) is 5.75 Å². The van der Waals surface area contributed by atoms with E-state index in [1.54, 1.807) is 42.5 Å². The molecule has 1 unspecified atom stereocenters. The van der Waals surface area contributed by atoms with Crippen LogP contribution in [0.3, 0.4) is 0 Å². The topological polar surface area (TPSA) is 99.2 Å². The highest BCUT2D eigenvalue weighted by Crippen LogP contribution is 2.43. The number of ether oxygens (including phenoxy) is 1. The minimum atomic E-state index is -0.872. The third-order valence-electron chi connectivity index (χ3n) is 6.06. The molecule has 4 rings (SSSR count). The first-order valence-electron chi connectivity index (χ1n) is 11.4. The molecule has 1 aliphatic heterocycles. The molecule has 3 aromatic rings. The number of methoxy groups -OCH3 is 1. The van der Waals surface area contributed by atoms with Gasteiger partial charge in [-0.2, -0.15) is 0 Å². The van der Waals surface area contributed by atoms with Crippen molar-refractivity contribution in [1.29, 1.82) is 0 Å². The highest BCUT2D eigenvalue weighted by atomic mass is 79.9. The fourth-order valence-corrected chi connectivity index (χ4v) is 4.79. The Bertz CT molecular complexity index is 1400. The first-order valence-corrected chi connectivity index (χ1v) is 12.2. The van der Waals surface area contributed by atoms with Crippen LogP contribution in [0.1, 0.15) is 24.1 Å². The number of nitrogens with one attached hydrogen (secondary N) is 1. The summed E-state index contributed by atoms with van der Waals surface area (Å²) < 4.78 is 5.86. The number of Topliss-reactive ketones (excluding diaryl/α,β-unsaturated/α-hetero) is 1. The smallest absolute Gasteiger partial charge is 0.300 e. The van der Waals surface area contributed by atoms with Gasteiger partial charge in [0.1, 0.15) is 11.5 Å². The summed E-state index contributed by atoms with van der Waals surface area (Å²) in [5.41, 5.74) is 2.95. The summed E-state index contributed by atoms with van der Waals surface area (Å²) in [6, 6.07) is 18.1. The number of hydrogen-bond donors (Lipinski definition) is 2. The summed E-state index contributed by atoms with van der Waals surface area (Å²) >= 11 is 3.41. The van der Waals surface area contributed by atoms with Gasteiger partial charge in [-0.05, 0) is 76.1 Å². The van der Waals surface area contributed by atoms with Crippen LogP contribution in [-0.4, -0.2) is 43.9 Å². The molecule has 190 valence electrons. The summed E-state index contributed by atoms with van der Waals surface area (Å²) in [6.45, 7) is 1.40. The third kappa shape index (κ3) is 5.08. The van der Waals surface area contributed by atoms with Crippen molar-refractivity contribution in [3.05, 3.63) is 87.9 Å². The van der Waals surface area contributed by atoms with E-state index in [1.807, 2.05) is 43.3 Å². The quantitative estimate of drug-likeness (QED) is 0.245. The number of rotatable bonds is 6. The number of nitrogens with zero attached hydrogens (tertiary/aromatic N) is 2. The number of benzene rings is 3. The summed E-state index contributed by atoms with van der Waals surface area (Å²) in [6.07, 6.45) is 0. The summed E-state index contributed by atoms with van der Waals surface area (Å²) in [7, 11) is 5.36. The van der Waals surface area contributed by atoms with E-state index in [4.69, 9.17) is 4.74 Å². The van der Waals surface area contributed by atoms with Gasteiger partial charge in [-0.3, -0.25) is 19.3 Å². The van der Waals surface area contributed by atoms with Crippen molar-refractivity contribution in [1.82, 2.24) is 0 Å². The third-order valence-corrected chi connectivity index (χ3v) is 6.68. The van der Waals surface area contributed by atoms with Crippen molar-refractivity contribution in [3.63, 3.8) is 0 Å². The van der Waals surface area contributed by atoms with Gasteiger partial charge in [-0.1, -0.05) is 12.1 Å². The zero-order valence-corrected chi connectivity index (χ0v) is 22.4. The first kappa shape index (κ1) is 26.0. The molecule has 1 heterocycles. The number of carbonyl (C=O) groups excluding carboxylic acids is 3. The van der Waals surface area contributed by atoms with Crippen LogP contribution >= 0.6 is 15.9 Å². The Hall–Kier alpha value is -4.11. The zero-order chi connectivity index (χ0) is 26.9. The van der Waals surface area contributed by atoms with E-state index in [0.717, 1.165) is 5.69 Å². The maximum Gasteiger partial charge on any atom is 0.300 e. The molecular formula is C28H26BrN3O5. The molecule has 0 saturated carbocycles. The van der Waals surface area contributed by atoms with Crippen LogP contribution in [0.15, 0.2) is 76.8 Å².